The van der Waals surface area contributed by atoms with Crippen LogP contribution in [0.15, 0.2) is 53.8 Å². The van der Waals surface area contributed by atoms with Gasteiger partial charge in [-0.15, -0.1) is 0 Å². The summed E-state index contributed by atoms with van der Waals surface area (Å²) in [5.74, 6) is -1.10. The van der Waals surface area contributed by atoms with E-state index in [9.17, 15) is 18.0 Å². The number of carbonyl (C=O) groups excluding carboxylic acids is 1. The second kappa shape index (κ2) is 8.57. The highest BCUT2D eigenvalue weighted by Gasteiger charge is 2.18. The lowest BCUT2D eigenvalue weighted by Gasteiger charge is -2.12. The number of alkyl halides is 2. The van der Waals surface area contributed by atoms with Gasteiger partial charge in [0.25, 0.3) is 5.91 Å². The number of hydrogen-bond donors (Lipinski definition) is 1. The number of nitrogens with one attached hydrogen (secondary N) is 1. The molecule has 0 bridgehead atoms. The Morgan fingerprint density at radius 3 is 2.57 bits per heavy atom. The molecule has 10 heteroatoms. The minimum atomic E-state index is -3.01. The van der Waals surface area contributed by atoms with Crippen LogP contribution in [0.25, 0.3) is 5.69 Å². The standard InChI is InChI=1S/C18H13ClF3N3O2S/c1-28-18-23-9-14(25(18)12-5-2-10(20)3-6-12)16(26)24-11-4-7-15(13(19)8-11)27-17(21)22/h2-9,17H,1H3,(H,24,26). The first-order valence-electron chi connectivity index (χ1n) is 7.82. The maximum Gasteiger partial charge on any atom is 0.387 e. The number of nitrogens with zero attached hydrogens (tertiary/aromatic N) is 2. The van der Waals surface area contributed by atoms with Crippen molar-refractivity contribution in [3.05, 3.63) is 65.2 Å². The van der Waals surface area contributed by atoms with Gasteiger partial charge in [0.15, 0.2) is 5.16 Å². The molecule has 3 rings (SSSR count). The predicted octanol–water partition coefficient (Wildman–Crippen LogP) is 5.24. The molecule has 2 aromatic carbocycles. The van der Waals surface area contributed by atoms with E-state index < -0.39 is 18.3 Å². The molecule has 0 atom stereocenters. The van der Waals surface area contributed by atoms with Crippen molar-refractivity contribution >= 4 is 35.0 Å². The maximum absolute atomic E-state index is 13.2. The molecule has 1 aromatic heterocycles. The van der Waals surface area contributed by atoms with Gasteiger partial charge in [-0.2, -0.15) is 8.78 Å². The Hall–Kier alpha value is -2.65. The second-order valence-electron chi connectivity index (χ2n) is 5.42. The third-order valence-corrected chi connectivity index (χ3v) is 4.58. The summed E-state index contributed by atoms with van der Waals surface area (Å²) in [6.45, 7) is -3.01. The molecule has 28 heavy (non-hydrogen) atoms. The number of thioether (sulfide) groups is 1. The SMILES string of the molecule is CSc1ncc(C(=O)Nc2ccc(OC(F)F)c(Cl)c2)n1-c1ccc(F)cc1. The zero-order valence-corrected chi connectivity index (χ0v) is 15.9. The Morgan fingerprint density at radius 1 is 1.25 bits per heavy atom. The molecule has 1 amide bonds. The smallest absolute Gasteiger partial charge is 0.387 e. The Labute approximate surface area is 167 Å². The van der Waals surface area contributed by atoms with Crippen LogP contribution in [0.2, 0.25) is 5.02 Å². The summed E-state index contributed by atoms with van der Waals surface area (Å²) in [6.07, 6.45) is 3.19. The fraction of sp³-hybridized carbons (Fsp3) is 0.111. The third-order valence-electron chi connectivity index (χ3n) is 3.64. The minimum Gasteiger partial charge on any atom is -0.433 e. The number of benzene rings is 2. The zero-order chi connectivity index (χ0) is 20.3. The average Bonchev–Trinajstić information content (AvgIpc) is 3.08. The molecule has 3 aromatic rings. The molecular weight excluding hydrogens is 415 g/mol. The summed E-state index contributed by atoms with van der Waals surface area (Å²) in [6, 6.07) is 9.53. The van der Waals surface area contributed by atoms with Crippen molar-refractivity contribution in [3.63, 3.8) is 0 Å². The molecule has 1 heterocycles. The summed E-state index contributed by atoms with van der Waals surface area (Å²) in [5.41, 5.74) is 1.06. The fourth-order valence-corrected chi connectivity index (χ4v) is 3.21. The Kier molecular flexibility index (Phi) is 6.15. The van der Waals surface area contributed by atoms with Crippen LogP contribution in [0.3, 0.4) is 0 Å². The van der Waals surface area contributed by atoms with E-state index in [-0.39, 0.29) is 22.2 Å². The van der Waals surface area contributed by atoms with Gasteiger partial charge >= 0.3 is 6.61 Å². The van der Waals surface area contributed by atoms with E-state index in [0.29, 0.717) is 10.8 Å². The van der Waals surface area contributed by atoms with Gasteiger partial charge in [-0.25, -0.2) is 9.37 Å². The lowest BCUT2D eigenvalue weighted by Crippen LogP contribution is -2.16. The van der Waals surface area contributed by atoms with E-state index in [1.165, 1.54) is 60.4 Å². The summed E-state index contributed by atoms with van der Waals surface area (Å²) in [4.78, 5) is 16.9. The van der Waals surface area contributed by atoms with Gasteiger partial charge in [0.2, 0.25) is 0 Å². The molecule has 0 radical (unpaired) electrons. The molecule has 0 spiro atoms. The van der Waals surface area contributed by atoms with Crippen LogP contribution in [0.5, 0.6) is 5.75 Å². The molecule has 0 fully saturated rings. The van der Waals surface area contributed by atoms with Crippen molar-refractivity contribution in [1.29, 1.82) is 0 Å². The molecule has 0 saturated carbocycles. The first-order valence-corrected chi connectivity index (χ1v) is 9.42. The van der Waals surface area contributed by atoms with E-state index in [1.54, 1.807) is 10.8 Å². The van der Waals surface area contributed by atoms with Crippen molar-refractivity contribution < 1.29 is 22.7 Å². The van der Waals surface area contributed by atoms with Gasteiger partial charge < -0.3 is 10.1 Å². The summed E-state index contributed by atoms with van der Waals surface area (Å²) in [5, 5.41) is 3.09. The fourth-order valence-electron chi connectivity index (χ4n) is 2.44. The van der Waals surface area contributed by atoms with Crippen LogP contribution in [0, 0.1) is 5.82 Å². The topological polar surface area (TPSA) is 56.1 Å². The van der Waals surface area contributed by atoms with Gasteiger partial charge in [-0.05, 0) is 48.7 Å². The van der Waals surface area contributed by atoms with Crippen LogP contribution in [0.1, 0.15) is 10.5 Å². The maximum atomic E-state index is 13.2. The van der Waals surface area contributed by atoms with Gasteiger partial charge in [-0.1, -0.05) is 23.4 Å². The highest BCUT2D eigenvalue weighted by molar-refractivity contribution is 7.98. The highest BCUT2D eigenvalue weighted by Crippen LogP contribution is 2.29. The van der Waals surface area contributed by atoms with E-state index in [2.05, 4.69) is 15.0 Å². The summed E-state index contributed by atoms with van der Waals surface area (Å²) < 4.78 is 43.7. The number of carbonyl (C=O) groups is 1. The van der Waals surface area contributed by atoms with Crippen LogP contribution >= 0.6 is 23.4 Å². The third kappa shape index (κ3) is 4.42. The van der Waals surface area contributed by atoms with E-state index in [0.717, 1.165) is 0 Å². The number of anilines is 1. The number of amides is 1. The molecular formula is C18H13ClF3N3O2S. The number of ether oxygens (including phenoxy) is 1. The van der Waals surface area contributed by atoms with E-state index >= 15 is 0 Å². The van der Waals surface area contributed by atoms with Crippen molar-refractivity contribution in [2.75, 3.05) is 11.6 Å². The van der Waals surface area contributed by atoms with E-state index in [1.807, 2.05) is 0 Å². The molecule has 0 unspecified atom stereocenters. The first kappa shape index (κ1) is 20.1. The largest absolute Gasteiger partial charge is 0.433 e. The van der Waals surface area contributed by atoms with Gasteiger partial charge in [0.05, 0.1) is 11.2 Å². The molecule has 1 N–H and O–H groups in total. The first-order chi connectivity index (χ1) is 13.4. The number of halogens is 4. The normalized spacial score (nSPS) is 10.9. The summed E-state index contributed by atoms with van der Waals surface area (Å²) in [7, 11) is 0. The highest BCUT2D eigenvalue weighted by atomic mass is 35.5. The second-order valence-corrected chi connectivity index (χ2v) is 6.60. The Morgan fingerprint density at radius 2 is 1.96 bits per heavy atom. The van der Waals surface area contributed by atoms with Crippen LogP contribution in [-0.4, -0.2) is 28.3 Å². The van der Waals surface area contributed by atoms with Gasteiger partial charge in [0, 0.05) is 11.4 Å². The van der Waals surface area contributed by atoms with Crippen LogP contribution in [0.4, 0.5) is 18.9 Å². The number of rotatable bonds is 6. The predicted molar refractivity (Wildman–Crippen MR) is 101 cm³/mol. The monoisotopic (exact) mass is 427 g/mol. The van der Waals surface area contributed by atoms with Crippen LogP contribution in [-0.2, 0) is 0 Å². The van der Waals surface area contributed by atoms with Crippen molar-refractivity contribution in [3.8, 4) is 11.4 Å². The van der Waals surface area contributed by atoms with Crippen molar-refractivity contribution in [1.82, 2.24) is 9.55 Å². The van der Waals surface area contributed by atoms with Crippen LogP contribution < -0.4 is 10.1 Å². The van der Waals surface area contributed by atoms with E-state index in [4.69, 9.17) is 11.6 Å². The quantitative estimate of drug-likeness (QED) is 0.546. The average molecular weight is 428 g/mol. The molecule has 0 aliphatic carbocycles. The zero-order valence-electron chi connectivity index (χ0n) is 14.3. The number of aromatic nitrogens is 2. The van der Waals surface area contributed by atoms with Gasteiger partial charge in [0.1, 0.15) is 17.3 Å². The Bertz CT molecular complexity index is 996. The Balaban J connectivity index is 1.88. The summed E-state index contributed by atoms with van der Waals surface area (Å²) >= 11 is 7.22. The van der Waals surface area contributed by atoms with Crippen molar-refractivity contribution in [2.45, 2.75) is 11.8 Å². The lowest BCUT2D eigenvalue weighted by atomic mass is 10.2. The van der Waals surface area contributed by atoms with Gasteiger partial charge in [-0.3, -0.25) is 9.36 Å². The number of imidazole rings is 1. The molecule has 146 valence electrons. The minimum absolute atomic E-state index is 0.0741. The molecule has 0 aliphatic rings. The van der Waals surface area contributed by atoms with Crippen molar-refractivity contribution in [2.24, 2.45) is 0 Å². The molecule has 0 saturated heterocycles. The number of hydrogen-bond acceptors (Lipinski definition) is 4. The lowest BCUT2D eigenvalue weighted by molar-refractivity contribution is -0.0497. The molecule has 5 nitrogen and oxygen atoms in total. The molecule has 0 aliphatic heterocycles.